The van der Waals surface area contributed by atoms with Crippen molar-refractivity contribution in [2.75, 3.05) is 7.11 Å². The molecular weight excluding hydrogens is 288 g/mol. The van der Waals surface area contributed by atoms with Gasteiger partial charge in [0.25, 0.3) is 0 Å². The fourth-order valence-corrected chi connectivity index (χ4v) is 2.28. The van der Waals surface area contributed by atoms with Gasteiger partial charge in [-0.2, -0.15) is 0 Å². The van der Waals surface area contributed by atoms with Crippen LogP contribution in [0.2, 0.25) is 5.02 Å². The number of hydrogen-bond donors (Lipinski definition) is 1. The zero-order valence-electron chi connectivity index (χ0n) is 12.4. The topological polar surface area (TPSA) is 38.7 Å². The maximum atomic E-state index is 9.59. The van der Waals surface area contributed by atoms with Gasteiger partial charge in [-0.25, -0.2) is 0 Å². The molecule has 0 bridgehead atoms. The molecule has 0 fully saturated rings. The van der Waals surface area contributed by atoms with Crippen molar-refractivity contribution in [1.82, 2.24) is 0 Å². The van der Waals surface area contributed by atoms with Crippen molar-refractivity contribution in [3.05, 3.63) is 58.1 Å². The van der Waals surface area contributed by atoms with Gasteiger partial charge in [0.15, 0.2) is 11.5 Å². The number of aryl methyl sites for hydroxylation is 1. The van der Waals surface area contributed by atoms with E-state index in [0.29, 0.717) is 23.1 Å². The summed E-state index contributed by atoms with van der Waals surface area (Å²) in [5.41, 5.74) is 2.82. The number of aliphatic hydroxyl groups excluding tert-OH is 1. The fourth-order valence-electron chi connectivity index (χ4n) is 1.99. The summed E-state index contributed by atoms with van der Waals surface area (Å²) in [5.74, 6) is 1.22. The van der Waals surface area contributed by atoms with E-state index in [1.54, 1.807) is 26.2 Å². The van der Waals surface area contributed by atoms with Crippen LogP contribution in [-0.2, 0) is 6.61 Å². The van der Waals surface area contributed by atoms with Crippen molar-refractivity contribution in [3.8, 4) is 11.5 Å². The van der Waals surface area contributed by atoms with Crippen molar-refractivity contribution in [3.63, 3.8) is 0 Å². The summed E-state index contributed by atoms with van der Waals surface area (Å²) in [4.78, 5) is 0. The number of methoxy groups -OCH3 is 1. The van der Waals surface area contributed by atoms with Crippen LogP contribution in [0.4, 0.5) is 0 Å². The molecule has 0 radical (unpaired) electrons. The van der Waals surface area contributed by atoms with Crippen LogP contribution in [0.5, 0.6) is 11.5 Å². The van der Waals surface area contributed by atoms with Gasteiger partial charge in [-0.1, -0.05) is 29.8 Å². The highest BCUT2D eigenvalue weighted by atomic mass is 35.5. The quantitative estimate of drug-likeness (QED) is 0.895. The molecule has 0 aromatic heterocycles. The van der Waals surface area contributed by atoms with Crippen molar-refractivity contribution in [1.29, 1.82) is 0 Å². The normalized spacial score (nSPS) is 12.0. The Morgan fingerprint density at radius 2 is 1.90 bits per heavy atom. The summed E-state index contributed by atoms with van der Waals surface area (Å²) < 4.78 is 11.1. The summed E-state index contributed by atoms with van der Waals surface area (Å²) in [6, 6.07) is 11.2. The van der Waals surface area contributed by atoms with Gasteiger partial charge in [0.1, 0.15) is 6.61 Å². The highest BCUT2D eigenvalue weighted by Crippen LogP contribution is 2.31. The molecule has 0 aliphatic carbocycles. The lowest BCUT2D eigenvalue weighted by Gasteiger charge is -2.14. The third-order valence-corrected chi connectivity index (χ3v) is 3.61. The van der Waals surface area contributed by atoms with Crippen molar-refractivity contribution in [2.24, 2.45) is 0 Å². The Morgan fingerprint density at radius 1 is 1.14 bits per heavy atom. The van der Waals surface area contributed by atoms with Crippen LogP contribution in [0.25, 0.3) is 0 Å². The molecular formula is C17H19ClO3. The maximum Gasteiger partial charge on any atom is 0.161 e. The minimum Gasteiger partial charge on any atom is -0.493 e. The third kappa shape index (κ3) is 3.90. The first-order valence-electron chi connectivity index (χ1n) is 6.75. The monoisotopic (exact) mass is 306 g/mol. The third-order valence-electron chi connectivity index (χ3n) is 3.26. The minimum atomic E-state index is -0.542. The van der Waals surface area contributed by atoms with E-state index >= 15 is 0 Å². The van der Waals surface area contributed by atoms with Crippen LogP contribution in [0, 0.1) is 6.92 Å². The lowest BCUT2D eigenvalue weighted by Crippen LogP contribution is -2.00. The van der Waals surface area contributed by atoms with Crippen LogP contribution in [0.3, 0.4) is 0 Å². The summed E-state index contributed by atoms with van der Waals surface area (Å²) in [7, 11) is 1.58. The number of hydrogen-bond acceptors (Lipinski definition) is 3. The molecule has 0 saturated heterocycles. The van der Waals surface area contributed by atoms with E-state index in [1.165, 1.54) is 0 Å². The number of benzene rings is 2. The van der Waals surface area contributed by atoms with Crippen molar-refractivity contribution in [2.45, 2.75) is 26.6 Å². The first-order chi connectivity index (χ1) is 10.0. The fraction of sp³-hybridized carbons (Fsp3) is 0.294. The molecule has 0 aliphatic heterocycles. The van der Waals surface area contributed by atoms with Crippen molar-refractivity contribution >= 4 is 11.6 Å². The minimum absolute atomic E-state index is 0.365. The summed E-state index contributed by atoms with van der Waals surface area (Å²) in [6.07, 6.45) is -0.542. The number of rotatable bonds is 5. The molecule has 4 heteroatoms. The molecule has 2 aromatic rings. The molecule has 2 aromatic carbocycles. The highest BCUT2D eigenvalue weighted by Gasteiger charge is 2.10. The Balaban J connectivity index is 2.16. The smallest absolute Gasteiger partial charge is 0.161 e. The molecule has 2 rings (SSSR count). The first kappa shape index (κ1) is 15.7. The Labute approximate surface area is 130 Å². The Morgan fingerprint density at radius 3 is 2.52 bits per heavy atom. The zero-order chi connectivity index (χ0) is 15.4. The van der Waals surface area contributed by atoms with Gasteiger partial charge in [0, 0.05) is 10.6 Å². The van der Waals surface area contributed by atoms with E-state index in [-0.39, 0.29) is 0 Å². The Kier molecular flexibility index (Phi) is 5.10. The molecule has 0 aliphatic rings. The standard InChI is InChI=1S/C17H19ClO3/c1-11-4-5-14(15(18)8-11)10-21-16-7-6-13(12(2)19)9-17(16)20-3/h4-9,12,19H,10H2,1-3H3/t12-/m1/s1. The maximum absolute atomic E-state index is 9.59. The Bertz CT molecular complexity index is 623. The van der Waals surface area contributed by atoms with Gasteiger partial charge in [0.2, 0.25) is 0 Å². The molecule has 0 amide bonds. The van der Waals surface area contributed by atoms with E-state index in [1.807, 2.05) is 31.2 Å². The van der Waals surface area contributed by atoms with Gasteiger partial charge >= 0.3 is 0 Å². The van der Waals surface area contributed by atoms with Gasteiger partial charge in [-0.15, -0.1) is 0 Å². The molecule has 21 heavy (non-hydrogen) atoms. The Hall–Kier alpha value is -1.71. The predicted molar refractivity (Wildman–Crippen MR) is 84.1 cm³/mol. The molecule has 3 nitrogen and oxygen atoms in total. The zero-order valence-corrected chi connectivity index (χ0v) is 13.1. The first-order valence-corrected chi connectivity index (χ1v) is 7.13. The SMILES string of the molecule is COc1cc([C@@H](C)O)ccc1OCc1ccc(C)cc1Cl. The van der Waals surface area contributed by atoms with Gasteiger partial charge in [0.05, 0.1) is 13.2 Å². The molecule has 0 saturated carbocycles. The summed E-state index contributed by atoms with van der Waals surface area (Å²) in [6.45, 7) is 4.07. The molecule has 0 spiro atoms. The van der Waals surface area contributed by atoms with E-state index in [0.717, 1.165) is 16.7 Å². The average molecular weight is 307 g/mol. The number of aliphatic hydroxyl groups is 1. The molecule has 0 heterocycles. The highest BCUT2D eigenvalue weighted by molar-refractivity contribution is 6.31. The number of halogens is 1. The second-order valence-electron chi connectivity index (χ2n) is 4.97. The average Bonchev–Trinajstić information content (AvgIpc) is 2.46. The lowest BCUT2D eigenvalue weighted by atomic mass is 10.1. The van der Waals surface area contributed by atoms with Crippen LogP contribution >= 0.6 is 11.6 Å². The van der Waals surface area contributed by atoms with Gasteiger partial charge in [-0.3, -0.25) is 0 Å². The molecule has 1 atom stereocenters. The lowest BCUT2D eigenvalue weighted by molar-refractivity contribution is 0.198. The number of ether oxygens (including phenoxy) is 2. The van der Waals surface area contributed by atoms with Crippen LogP contribution in [0.15, 0.2) is 36.4 Å². The van der Waals surface area contributed by atoms with Crippen LogP contribution < -0.4 is 9.47 Å². The summed E-state index contributed by atoms with van der Waals surface area (Å²) >= 11 is 6.19. The van der Waals surface area contributed by atoms with E-state index in [2.05, 4.69) is 0 Å². The largest absolute Gasteiger partial charge is 0.493 e. The summed E-state index contributed by atoms with van der Waals surface area (Å²) in [5, 5.41) is 10.3. The molecule has 1 N–H and O–H groups in total. The van der Waals surface area contributed by atoms with E-state index in [4.69, 9.17) is 21.1 Å². The predicted octanol–water partition coefficient (Wildman–Crippen LogP) is 4.29. The second kappa shape index (κ2) is 6.83. The van der Waals surface area contributed by atoms with Crippen LogP contribution in [0.1, 0.15) is 29.7 Å². The van der Waals surface area contributed by atoms with Crippen LogP contribution in [-0.4, -0.2) is 12.2 Å². The van der Waals surface area contributed by atoms with Gasteiger partial charge < -0.3 is 14.6 Å². The van der Waals surface area contributed by atoms with Gasteiger partial charge in [-0.05, 0) is 43.2 Å². The van der Waals surface area contributed by atoms with Crippen molar-refractivity contribution < 1.29 is 14.6 Å². The second-order valence-corrected chi connectivity index (χ2v) is 5.38. The van der Waals surface area contributed by atoms with E-state index < -0.39 is 6.10 Å². The molecule has 0 unspecified atom stereocenters. The molecule has 112 valence electrons. The van der Waals surface area contributed by atoms with E-state index in [9.17, 15) is 5.11 Å².